The highest BCUT2D eigenvalue weighted by atomic mass is 19.1. The standard InChI is InChI=1S/C24H30F2N2/c25-22-11-9-21(10-12-22)24(20-6-2-1-3-7-20)28-15-13-27(14-16-28)18-19-5-4-8-23(26)17-19/h4-5,8-12,17,20,24H,1-3,6-7,13-16,18H2. The van der Waals surface area contributed by atoms with Crippen LogP contribution in [0.15, 0.2) is 48.5 Å². The number of piperazine rings is 1. The van der Waals surface area contributed by atoms with Crippen molar-refractivity contribution in [3.05, 3.63) is 71.3 Å². The van der Waals surface area contributed by atoms with Gasteiger partial charge in [0, 0.05) is 38.8 Å². The lowest BCUT2D eigenvalue weighted by Crippen LogP contribution is -2.48. The second-order valence-electron chi connectivity index (χ2n) is 8.34. The van der Waals surface area contributed by atoms with E-state index in [9.17, 15) is 8.78 Å². The maximum atomic E-state index is 13.5. The van der Waals surface area contributed by atoms with Crippen molar-refractivity contribution in [1.82, 2.24) is 9.80 Å². The number of hydrogen-bond donors (Lipinski definition) is 0. The third-order valence-electron chi connectivity index (χ3n) is 6.40. The van der Waals surface area contributed by atoms with Crippen LogP contribution < -0.4 is 0 Å². The summed E-state index contributed by atoms with van der Waals surface area (Å²) < 4.78 is 26.9. The SMILES string of the molecule is Fc1ccc(C(C2CCCCC2)N2CCN(Cc3cccc(F)c3)CC2)cc1. The Labute approximate surface area is 167 Å². The van der Waals surface area contributed by atoms with Crippen LogP contribution in [0.5, 0.6) is 0 Å². The highest BCUT2D eigenvalue weighted by Crippen LogP contribution is 2.39. The molecule has 2 nitrogen and oxygen atoms in total. The summed E-state index contributed by atoms with van der Waals surface area (Å²) >= 11 is 0. The van der Waals surface area contributed by atoms with Crippen LogP contribution in [0.1, 0.15) is 49.3 Å². The lowest BCUT2D eigenvalue weighted by atomic mass is 9.80. The van der Waals surface area contributed by atoms with E-state index in [0.717, 1.165) is 38.3 Å². The first-order chi connectivity index (χ1) is 13.7. The Morgan fingerprint density at radius 1 is 0.821 bits per heavy atom. The molecule has 0 amide bonds. The minimum atomic E-state index is -0.162. The summed E-state index contributed by atoms with van der Waals surface area (Å²) in [5.41, 5.74) is 2.29. The van der Waals surface area contributed by atoms with E-state index in [1.54, 1.807) is 24.3 Å². The first-order valence-electron chi connectivity index (χ1n) is 10.7. The summed E-state index contributed by atoms with van der Waals surface area (Å²) in [5, 5.41) is 0. The predicted molar refractivity (Wildman–Crippen MR) is 109 cm³/mol. The zero-order chi connectivity index (χ0) is 19.3. The van der Waals surface area contributed by atoms with Gasteiger partial charge in [0.1, 0.15) is 11.6 Å². The van der Waals surface area contributed by atoms with Gasteiger partial charge in [0.05, 0.1) is 0 Å². The van der Waals surface area contributed by atoms with Gasteiger partial charge in [0.15, 0.2) is 0 Å². The zero-order valence-corrected chi connectivity index (χ0v) is 16.5. The molecule has 1 saturated heterocycles. The van der Waals surface area contributed by atoms with Crippen LogP contribution >= 0.6 is 0 Å². The van der Waals surface area contributed by atoms with Gasteiger partial charge in [0.25, 0.3) is 0 Å². The summed E-state index contributed by atoms with van der Waals surface area (Å²) in [5.74, 6) is 0.338. The number of rotatable bonds is 5. The average Bonchev–Trinajstić information content (AvgIpc) is 2.72. The maximum Gasteiger partial charge on any atom is 0.123 e. The first kappa shape index (κ1) is 19.5. The molecule has 2 aliphatic rings. The molecule has 0 aromatic heterocycles. The number of nitrogens with zero attached hydrogens (tertiary/aromatic N) is 2. The van der Waals surface area contributed by atoms with E-state index >= 15 is 0 Å². The fourth-order valence-electron chi connectivity index (χ4n) is 4.98. The van der Waals surface area contributed by atoms with Gasteiger partial charge in [-0.15, -0.1) is 0 Å². The lowest BCUT2D eigenvalue weighted by Gasteiger charge is -2.43. The third kappa shape index (κ3) is 4.79. The molecule has 1 aliphatic carbocycles. The molecule has 0 spiro atoms. The topological polar surface area (TPSA) is 6.48 Å². The predicted octanol–water partition coefficient (Wildman–Crippen LogP) is 5.40. The van der Waals surface area contributed by atoms with Crippen molar-refractivity contribution in [3.63, 3.8) is 0 Å². The normalized spacial score (nSPS) is 20.9. The van der Waals surface area contributed by atoms with Crippen LogP contribution in [-0.2, 0) is 6.54 Å². The van der Waals surface area contributed by atoms with Crippen molar-refractivity contribution in [2.75, 3.05) is 26.2 Å². The van der Waals surface area contributed by atoms with Crippen molar-refractivity contribution < 1.29 is 8.78 Å². The molecule has 1 atom stereocenters. The highest BCUT2D eigenvalue weighted by Gasteiger charge is 2.32. The molecule has 150 valence electrons. The molecule has 1 saturated carbocycles. The van der Waals surface area contributed by atoms with E-state index in [1.807, 2.05) is 18.2 Å². The second kappa shape index (κ2) is 9.15. The van der Waals surface area contributed by atoms with Crippen molar-refractivity contribution in [2.45, 2.75) is 44.7 Å². The molecule has 4 heteroatoms. The molecule has 4 rings (SSSR count). The van der Waals surface area contributed by atoms with Gasteiger partial charge in [-0.05, 0) is 54.2 Å². The molecular weight excluding hydrogens is 354 g/mol. The van der Waals surface area contributed by atoms with Crippen LogP contribution in [0, 0.1) is 17.6 Å². The smallest absolute Gasteiger partial charge is 0.123 e. The number of benzene rings is 2. The van der Waals surface area contributed by atoms with Crippen LogP contribution in [0.4, 0.5) is 8.78 Å². The minimum absolute atomic E-state index is 0.161. The van der Waals surface area contributed by atoms with Crippen LogP contribution in [0.25, 0.3) is 0 Å². The zero-order valence-electron chi connectivity index (χ0n) is 16.5. The molecule has 0 radical (unpaired) electrons. The average molecular weight is 385 g/mol. The minimum Gasteiger partial charge on any atom is -0.297 e. The van der Waals surface area contributed by atoms with Gasteiger partial charge in [-0.1, -0.05) is 43.5 Å². The van der Waals surface area contributed by atoms with E-state index < -0.39 is 0 Å². The van der Waals surface area contributed by atoms with Gasteiger partial charge >= 0.3 is 0 Å². The fraction of sp³-hybridized carbons (Fsp3) is 0.500. The van der Waals surface area contributed by atoms with Gasteiger partial charge < -0.3 is 0 Å². The molecular formula is C24H30F2N2. The van der Waals surface area contributed by atoms with E-state index in [2.05, 4.69) is 9.80 Å². The molecule has 1 aliphatic heterocycles. The Morgan fingerprint density at radius 3 is 2.21 bits per heavy atom. The van der Waals surface area contributed by atoms with Crippen molar-refractivity contribution in [1.29, 1.82) is 0 Å². The molecule has 1 heterocycles. The molecule has 28 heavy (non-hydrogen) atoms. The third-order valence-corrected chi connectivity index (χ3v) is 6.40. The largest absolute Gasteiger partial charge is 0.297 e. The molecule has 1 unspecified atom stereocenters. The summed E-state index contributed by atoms with van der Waals surface area (Å²) in [6.45, 7) is 4.79. The van der Waals surface area contributed by atoms with Gasteiger partial charge in [-0.3, -0.25) is 9.80 Å². The van der Waals surface area contributed by atoms with Gasteiger partial charge in [-0.25, -0.2) is 8.78 Å². The number of hydrogen-bond acceptors (Lipinski definition) is 2. The lowest BCUT2D eigenvalue weighted by molar-refractivity contribution is 0.0546. The highest BCUT2D eigenvalue weighted by molar-refractivity contribution is 5.21. The maximum absolute atomic E-state index is 13.5. The first-order valence-corrected chi connectivity index (χ1v) is 10.7. The van der Waals surface area contributed by atoms with Crippen molar-refractivity contribution >= 4 is 0 Å². The van der Waals surface area contributed by atoms with Crippen molar-refractivity contribution in [3.8, 4) is 0 Å². The van der Waals surface area contributed by atoms with E-state index in [4.69, 9.17) is 0 Å². The van der Waals surface area contributed by atoms with Crippen LogP contribution in [-0.4, -0.2) is 36.0 Å². The van der Waals surface area contributed by atoms with Crippen LogP contribution in [0.2, 0.25) is 0 Å². The Kier molecular flexibility index (Phi) is 6.38. The summed E-state index contributed by atoms with van der Waals surface area (Å²) in [6.07, 6.45) is 6.49. The fourth-order valence-corrected chi connectivity index (χ4v) is 4.98. The Hall–Kier alpha value is -1.78. The molecule has 2 fully saturated rings. The van der Waals surface area contributed by atoms with E-state index in [1.165, 1.54) is 43.7 Å². The van der Waals surface area contributed by atoms with E-state index in [0.29, 0.717) is 12.0 Å². The van der Waals surface area contributed by atoms with Gasteiger partial charge in [0.2, 0.25) is 0 Å². The number of halogens is 2. The van der Waals surface area contributed by atoms with E-state index in [-0.39, 0.29) is 11.6 Å². The second-order valence-corrected chi connectivity index (χ2v) is 8.34. The van der Waals surface area contributed by atoms with Crippen molar-refractivity contribution in [2.24, 2.45) is 5.92 Å². The summed E-state index contributed by atoms with van der Waals surface area (Å²) in [6, 6.07) is 14.5. The Morgan fingerprint density at radius 2 is 1.54 bits per heavy atom. The summed E-state index contributed by atoms with van der Waals surface area (Å²) in [7, 11) is 0. The monoisotopic (exact) mass is 384 g/mol. The van der Waals surface area contributed by atoms with Crippen LogP contribution in [0.3, 0.4) is 0 Å². The molecule has 2 aromatic carbocycles. The molecule has 0 bridgehead atoms. The molecule has 2 aromatic rings. The van der Waals surface area contributed by atoms with Gasteiger partial charge in [-0.2, -0.15) is 0 Å². The Bertz CT molecular complexity index is 747. The Balaban J connectivity index is 1.43. The quantitative estimate of drug-likeness (QED) is 0.681. The molecule has 0 N–H and O–H groups in total. The summed E-state index contributed by atoms with van der Waals surface area (Å²) in [4.78, 5) is 5.01.